The minimum atomic E-state index is 0.234. The predicted octanol–water partition coefficient (Wildman–Crippen LogP) is 1.95. The number of nitrogens with zero attached hydrogens (tertiary/aromatic N) is 3. The van der Waals surface area contributed by atoms with Crippen molar-refractivity contribution in [1.82, 2.24) is 14.8 Å². The predicted molar refractivity (Wildman–Crippen MR) is 77.2 cm³/mol. The van der Waals surface area contributed by atoms with E-state index in [4.69, 9.17) is 10.5 Å². The summed E-state index contributed by atoms with van der Waals surface area (Å²) in [5.41, 5.74) is 7.93. The van der Waals surface area contributed by atoms with Crippen LogP contribution in [0.1, 0.15) is 30.1 Å². The fourth-order valence-electron chi connectivity index (χ4n) is 3.03. The van der Waals surface area contributed by atoms with Crippen LogP contribution in [0, 0.1) is 5.92 Å². The quantitative estimate of drug-likeness (QED) is 0.864. The molecule has 20 heavy (non-hydrogen) atoms. The van der Waals surface area contributed by atoms with Gasteiger partial charge in [0, 0.05) is 25.8 Å². The molecule has 106 valence electrons. The molecule has 5 nitrogen and oxygen atoms in total. The van der Waals surface area contributed by atoms with Crippen molar-refractivity contribution < 1.29 is 4.74 Å². The molecule has 1 aliphatic carbocycles. The summed E-state index contributed by atoms with van der Waals surface area (Å²) in [6.45, 7) is 0. The lowest BCUT2D eigenvalue weighted by Gasteiger charge is -2.39. The Morgan fingerprint density at radius 3 is 2.80 bits per heavy atom. The second-order valence-corrected chi connectivity index (χ2v) is 5.54. The van der Waals surface area contributed by atoms with E-state index in [1.807, 2.05) is 29.8 Å². The molecule has 3 rings (SSSR count). The topological polar surface area (TPSA) is 66.0 Å². The van der Waals surface area contributed by atoms with Crippen LogP contribution < -0.4 is 5.73 Å². The van der Waals surface area contributed by atoms with Gasteiger partial charge in [0.1, 0.15) is 12.2 Å². The van der Waals surface area contributed by atoms with E-state index in [0.29, 0.717) is 12.0 Å². The van der Waals surface area contributed by atoms with E-state index >= 15 is 0 Å². The fraction of sp³-hybridized carbons (Fsp3) is 0.467. The van der Waals surface area contributed by atoms with Crippen molar-refractivity contribution in [3.05, 3.63) is 42.0 Å². The van der Waals surface area contributed by atoms with Crippen LogP contribution in [0.15, 0.2) is 30.6 Å². The third-order valence-corrected chi connectivity index (χ3v) is 4.23. The zero-order valence-corrected chi connectivity index (χ0v) is 11.9. The number of nitrogens with two attached hydrogens (primary N) is 1. The summed E-state index contributed by atoms with van der Waals surface area (Å²) in [5.74, 6) is 1.76. The van der Waals surface area contributed by atoms with Crippen LogP contribution in [0.4, 0.5) is 5.69 Å². The largest absolute Gasteiger partial charge is 0.399 e. The summed E-state index contributed by atoms with van der Waals surface area (Å²) in [4.78, 5) is 0. The summed E-state index contributed by atoms with van der Waals surface area (Å²) in [6.07, 6.45) is 4.24. The number of aromatic nitrogens is 3. The number of hydrogen-bond acceptors (Lipinski definition) is 4. The third-order valence-electron chi connectivity index (χ3n) is 4.23. The van der Waals surface area contributed by atoms with Crippen molar-refractivity contribution >= 4 is 5.69 Å². The minimum absolute atomic E-state index is 0.234. The molecular weight excluding hydrogens is 252 g/mol. The highest BCUT2D eigenvalue weighted by molar-refractivity contribution is 5.43. The zero-order chi connectivity index (χ0) is 14.1. The van der Waals surface area contributed by atoms with Gasteiger partial charge in [-0.2, -0.15) is 0 Å². The second kappa shape index (κ2) is 5.25. The summed E-state index contributed by atoms with van der Waals surface area (Å²) >= 11 is 0. The van der Waals surface area contributed by atoms with E-state index in [2.05, 4.69) is 16.3 Å². The van der Waals surface area contributed by atoms with Gasteiger partial charge in [-0.3, -0.25) is 0 Å². The van der Waals surface area contributed by atoms with Gasteiger partial charge in [-0.15, -0.1) is 10.2 Å². The Labute approximate surface area is 118 Å². The molecule has 0 spiro atoms. The van der Waals surface area contributed by atoms with E-state index in [9.17, 15) is 0 Å². The van der Waals surface area contributed by atoms with Crippen molar-refractivity contribution in [3.8, 4) is 0 Å². The molecule has 2 aromatic rings. The van der Waals surface area contributed by atoms with Crippen LogP contribution in [-0.4, -0.2) is 28.0 Å². The number of benzene rings is 1. The molecule has 0 amide bonds. The van der Waals surface area contributed by atoms with Crippen LogP contribution in [-0.2, 0) is 11.8 Å². The highest BCUT2D eigenvalue weighted by Gasteiger charge is 2.38. The fourth-order valence-corrected chi connectivity index (χ4v) is 3.03. The number of methoxy groups -OCH3 is 1. The highest BCUT2D eigenvalue weighted by Crippen LogP contribution is 2.43. The lowest BCUT2D eigenvalue weighted by Crippen LogP contribution is -2.35. The molecule has 5 heteroatoms. The average Bonchev–Trinajstić information content (AvgIpc) is 2.79. The molecule has 1 aliphatic rings. The van der Waals surface area contributed by atoms with E-state index < -0.39 is 0 Å². The van der Waals surface area contributed by atoms with Gasteiger partial charge in [0.15, 0.2) is 0 Å². The molecule has 0 saturated heterocycles. The van der Waals surface area contributed by atoms with Crippen molar-refractivity contribution in [2.45, 2.75) is 24.9 Å². The molecule has 1 atom stereocenters. The molecule has 0 aliphatic heterocycles. The standard InChI is InChI=1S/C15H20N4O/c1-19-9-17-18-15(19)14(11-7-13(8-11)20-2)10-4-3-5-12(16)6-10/h3-6,9,11,13-14H,7-8,16H2,1-2H3. The third kappa shape index (κ3) is 2.29. The number of ether oxygens (including phenoxy) is 1. The van der Waals surface area contributed by atoms with Crippen molar-refractivity contribution in [2.75, 3.05) is 12.8 Å². The van der Waals surface area contributed by atoms with Crippen molar-refractivity contribution in [2.24, 2.45) is 13.0 Å². The first-order chi connectivity index (χ1) is 9.69. The first kappa shape index (κ1) is 13.1. The normalized spacial score (nSPS) is 23.3. The molecule has 2 N–H and O–H groups in total. The van der Waals surface area contributed by atoms with E-state index in [-0.39, 0.29) is 5.92 Å². The van der Waals surface area contributed by atoms with Crippen LogP contribution >= 0.6 is 0 Å². The van der Waals surface area contributed by atoms with Gasteiger partial charge in [0.25, 0.3) is 0 Å². The molecule has 0 bridgehead atoms. The van der Waals surface area contributed by atoms with Crippen LogP contribution in [0.3, 0.4) is 0 Å². The van der Waals surface area contributed by atoms with Gasteiger partial charge in [0.05, 0.1) is 6.10 Å². The van der Waals surface area contributed by atoms with E-state index in [0.717, 1.165) is 24.4 Å². The Hall–Kier alpha value is -1.88. The number of nitrogen functional groups attached to an aromatic ring is 1. The van der Waals surface area contributed by atoms with Crippen LogP contribution in [0.25, 0.3) is 0 Å². The SMILES string of the molecule is COC1CC(C(c2cccc(N)c2)c2nncn2C)C1. The molecule has 1 fully saturated rings. The lowest BCUT2D eigenvalue weighted by molar-refractivity contribution is -0.00524. The number of aryl methyl sites for hydroxylation is 1. The summed E-state index contributed by atoms with van der Waals surface area (Å²) in [7, 11) is 3.76. The first-order valence-corrected chi connectivity index (χ1v) is 6.91. The second-order valence-electron chi connectivity index (χ2n) is 5.54. The Morgan fingerprint density at radius 1 is 1.40 bits per heavy atom. The monoisotopic (exact) mass is 272 g/mol. The molecule has 0 radical (unpaired) electrons. The summed E-state index contributed by atoms with van der Waals surface area (Å²) in [5, 5.41) is 8.33. The Kier molecular flexibility index (Phi) is 3.44. The molecule has 1 aromatic carbocycles. The molecule has 1 heterocycles. The Balaban J connectivity index is 1.94. The molecule has 1 saturated carbocycles. The summed E-state index contributed by atoms with van der Waals surface area (Å²) in [6, 6.07) is 8.08. The first-order valence-electron chi connectivity index (χ1n) is 6.91. The van der Waals surface area contributed by atoms with Crippen LogP contribution in [0.5, 0.6) is 0 Å². The van der Waals surface area contributed by atoms with Crippen LogP contribution in [0.2, 0.25) is 0 Å². The maximum atomic E-state index is 5.93. The summed E-state index contributed by atoms with van der Waals surface area (Å²) < 4.78 is 7.40. The number of anilines is 1. The number of rotatable bonds is 4. The van der Waals surface area contributed by atoms with Gasteiger partial charge in [-0.05, 0) is 36.5 Å². The maximum absolute atomic E-state index is 5.93. The van der Waals surface area contributed by atoms with Gasteiger partial charge >= 0.3 is 0 Å². The number of hydrogen-bond donors (Lipinski definition) is 1. The smallest absolute Gasteiger partial charge is 0.140 e. The van der Waals surface area contributed by atoms with Gasteiger partial charge in [-0.25, -0.2) is 0 Å². The minimum Gasteiger partial charge on any atom is -0.399 e. The lowest BCUT2D eigenvalue weighted by atomic mass is 9.70. The van der Waals surface area contributed by atoms with Gasteiger partial charge in [0.2, 0.25) is 0 Å². The molecule has 1 unspecified atom stereocenters. The van der Waals surface area contributed by atoms with Gasteiger partial charge < -0.3 is 15.0 Å². The van der Waals surface area contributed by atoms with Gasteiger partial charge in [-0.1, -0.05) is 12.1 Å². The Morgan fingerprint density at radius 2 is 2.20 bits per heavy atom. The molecular formula is C15H20N4O. The molecule has 1 aromatic heterocycles. The van der Waals surface area contributed by atoms with Crippen molar-refractivity contribution in [3.63, 3.8) is 0 Å². The van der Waals surface area contributed by atoms with Crippen molar-refractivity contribution in [1.29, 1.82) is 0 Å². The van der Waals surface area contributed by atoms with E-state index in [1.165, 1.54) is 5.56 Å². The average molecular weight is 272 g/mol. The zero-order valence-electron chi connectivity index (χ0n) is 11.9. The van der Waals surface area contributed by atoms with E-state index in [1.54, 1.807) is 13.4 Å². The maximum Gasteiger partial charge on any atom is 0.140 e. The Bertz CT molecular complexity index is 589. The highest BCUT2D eigenvalue weighted by atomic mass is 16.5.